The average Bonchev–Trinajstić information content (AvgIpc) is 3.04. The first-order valence-corrected chi connectivity index (χ1v) is 8.75. The number of hydrogen-bond acceptors (Lipinski definition) is 5. The Morgan fingerprint density at radius 1 is 1.48 bits per heavy atom. The number of carboxylic acids is 1. The highest BCUT2D eigenvalue weighted by Crippen LogP contribution is 2.23. The molecule has 3 N–H and O–H groups in total. The van der Waals surface area contributed by atoms with Crippen LogP contribution in [0.15, 0.2) is 35.7 Å². The minimum atomic E-state index is -3.85. The van der Waals surface area contributed by atoms with Gasteiger partial charge in [0.15, 0.2) is 0 Å². The number of rotatable bonds is 8. The number of aromatic carboxylic acids is 1. The first kappa shape index (κ1) is 17.5. The number of anilines is 1. The number of carbonyl (C=O) groups is 1. The van der Waals surface area contributed by atoms with E-state index in [0.717, 1.165) is 18.9 Å². The van der Waals surface area contributed by atoms with E-state index in [1.807, 2.05) is 0 Å². The predicted molar refractivity (Wildman–Crippen MR) is 86.3 cm³/mol. The maximum absolute atomic E-state index is 12.5. The summed E-state index contributed by atoms with van der Waals surface area (Å²) in [4.78, 5) is 11.0. The molecule has 1 aliphatic rings. The Kier molecular flexibility index (Phi) is 5.75. The van der Waals surface area contributed by atoms with Crippen LogP contribution in [-0.4, -0.2) is 45.3 Å². The number of benzene rings is 1. The molecule has 126 valence electrons. The van der Waals surface area contributed by atoms with Crippen molar-refractivity contribution in [1.29, 1.82) is 0 Å². The van der Waals surface area contributed by atoms with Gasteiger partial charge in [0.2, 0.25) is 10.0 Å². The molecule has 0 aromatic heterocycles. The van der Waals surface area contributed by atoms with Crippen molar-refractivity contribution in [1.82, 2.24) is 4.72 Å². The van der Waals surface area contributed by atoms with Crippen LogP contribution in [0.1, 0.15) is 23.2 Å². The number of sulfonamides is 1. The molecule has 0 unspecified atom stereocenters. The van der Waals surface area contributed by atoms with Crippen LogP contribution < -0.4 is 10.0 Å². The van der Waals surface area contributed by atoms with E-state index in [2.05, 4.69) is 16.6 Å². The smallest absolute Gasteiger partial charge is 0.335 e. The van der Waals surface area contributed by atoms with E-state index in [0.29, 0.717) is 18.8 Å². The van der Waals surface area contributed by atoms with Crippen LogP contribution >= 0.6 is 0 Å². The van der Waals surface area contributed by atoms with Crippen LogP contribution in [-0.2, 0) is 14.8 Å². The molecule has 1 fully saturated rings. The Hall–Kier alpha value is -1.90. The zero-order valence-electron chi connectivity index (χ0n) is 12.6. The summed E-state index contributed by atoms with van der Waals surface area (Å²) < 4.78 is 32.9. The lowest BCUT2D eigenvalue weighted by atomic mass is 10.2. The second-order valence-corrected chi connectivity index (χ2v) is 6.91. The SMILES string of the molecule is C=CCNc1ccc(C(=O)O)cc1S(=O)(=O)NC[C@H]1CCCO1. The third-order valence-corrected chi connectivity index (χ3v) is 4.94. The van der Waals surface area contributed by atoms with Gasteiger partial charge in [-0.15, -0.1) is 6.58 Å². The minimum absolute atomic E-state index is 0.0911. The molecule has 0 amide bonds. The van der Waals surface area contributed by atoms with Crippen LogP contribution in [0.25, 0.3) is 0 Å². The summed E-state index contributed by atoms with van der Waals surface area (Å²) in [6.45, 7) is 4.72. The molecule has 1 aromatic carbocycles. The average molecular weight is 340 g/mol. The summed E-state index contributed by atoms with van der Waals surface area (Å²) >= 11 is 0. The van der Waals surface area contributed by atoms with Crippen LogP contribution in [0.2, 0.25) is 0 Å². The van der Waals surface area contributed by atoms with Crippen molar-refractivity contribution in [3.63, 3.8) is 0 Å². The maximum Gasteiger partial charge on any atom is 0.335 e. The number of nitrogens with one attached hydrogen (secondary N) is 2. The molecule has 1 aromatic rings. The zero-order valence-corrected chi connectivity index (χ0v) is 13.4. The van der Waals surface area contributed by atoms with Gasteiger partial charge in [-0.2, -0.15) is 0 Å². The molecular weight excluding hydrogens is 320 g/mol. The van der Waals surface area contributed by atoms with Crippen molar-refractivity contribution in [3.05, 3.63) is 36.4 Å². The zero-order chi connectivity index (χ0) is 16.9. The van der Waals surface area contributed by atoms with Gasteiger partial charge in [-0.25, -0.2) is 17.9 Å². The molecule has 1 heterocycles. The Morgan fingerprint density at radius 2 is 2.26 bits per heavy atom. The maximum atomic E-state index is 12.5. The van der Waals surface area contributed by atoms with E-state index in [1.165, 1.54) is 12.1 Å². The minimum Gasteiger partial charge on any atom is -0.478 e. The summed E-state index contributed by atoms with van der Waals surface area (Å²) in [5, 5.41) is 12.0. The summed E-state index contributed by atoms with van der Waals surface area (Å²) in [7, 11) is -3.85. The molecule has 0 bridgehead atoms. The van der Waals surface area contributed by atoms with Crippen molar-refractivity contribution < 1.29 is 23.1 Å². The summed E-state index contributed by atoms with van der Waals surface area (Å²) in [6, 6.07) is 3.94. The van der Waals surface area contributed by atoms with Gasteiger partial charge in [-0.1, -0.05) is 6.08 Å². The topological polar surface area (TPSA) is 105 Å². The fourth-order valence-electron chi connectivity index (χ4n) is 2.29. The van der Waals surface area contributed by atoms with E-state index in [1.54, 1.807) is 6.08 Å². The second kappa shape index (κ2) is 7.58. The van der Waals surface area contributed by atoms with E-state index in [9.17, 15) is 13.2 Å². The quantitative estimate of drug-likeness (QED) is 0.619. The second-order valence-electron chi connectivity index (χ2n) is 5.17. The van der Waals surface area contributed by atoms with Gasteiger partial charge >= 0.3 is 5.97 Å². The van der Waals surface area contributed by atoms with Crippen LogP contribution in [0.3, 0.4) is 0 Å². The number of carboxylic acid groups (broad SMARTS) is 1. The van der Waals surface area contributed by atoms with Gasteiger partial charge < -0.3 is 15.2 Å². The van der Waals surface area contributed by atoms with Crippen molar-refractivity contribution in [3.8, 4) is 0 Å². The lowest BCUT2D eigenvalue weighted by molar-refractivity contribution is 0.0696. The van der Waals surface area contributed by atoms with Crippen molar-refractivity contribution in [2.75, 3.05) is 25.0 Å². The molecule has 23 heavy (non-hydrogen) atoms. The first-order chi connectivity index (χ1) is 10.9. The van der Waals surface area contributed by atoms with Crippen LogP contribution in [0.4, 0.5) is 5.69 Å². The predicted octanol–water partition coefficient (Wildman–Crippen LogP) is 1.44. The molecule has 1 atom stereocenters. The van der Waals surface area contributed by atoms with Crippen molar-refractivity contribution in [2.24, 2.45) is 0 Å². The monoisotopic (exact) mass is 340 g/mol. The van der Waals surface area contributed by atoms with Gasteiger partial charge in [-0.05, 0) is 31.0 Å². The van der Waals surface area contributed by atoms with E-state index in [4.69, 9.17) is 9.84 Å². The van der Waals surface area contributed by atoms with E-state index >= 15 is 0 Å². The van der Waals surface area contributed by atoms with Crippen LogP contribution in [0.5, 0.6) is 0 Å². The summed E-state index contributed by atoms with van der Waals surface area (Å²) in [6.07, 6.45) is 3.16. The number of hydrogen-bond donors (Lipinski definition) is 3. The standard InChI is InChI=1S/C15H20N2O5S/c1-2-7-16-13-6-5-11(15(18)19)9-14(13)23(20,21)17-10-12-4-3-8-22-12/h2,5-6,9,12,16-17H,1,3-4,7-8,10H2,(H,18,19)/t12-/m1/s1. The van der Waals surface area contributed by atoms with E-state index < -0.39 is 16.0 Å². The van der Waals surface area contributed by atoms with Gasteiger partial charge in [0.25, 0.3) is 0 Å². The van der Waals surface area contributed by atoms with Gasteiger partial charge in [-0.3, -0.25) is 0 Å². The molecule has 0 spiro atoms. The Balaban J connectivity index is 2.26. The lowest BCUT2D eigenvalue weighted by Gasteiger charge is -2.15. The molecule has 0 saturated carbocycles. The van der Waals surface area contributed by atoms with E-state index in [-0.39, 0.29) is 23.1 Å². The Bertz CT molecular complexity index is 681. The molecule has 0 aliphatic carbocycles. The highest BCUT2D eigenvalue weighted by molar-refractivity contribution is 7.89. The summed E-state index contributed by atoms with van der Waals surface area (Å²) in [5.41, 5.74) is 0.237. The molecule has 8 heteroatoms. The highest BCUT2D eigenvalue weighted by Gasteiger charge is 2.23. The van der Waals surface area contributed by atoms with Crippen molar-refractivity contribution in [2.45, 2.75) is 23.8 Å². The Morgan fingerprint density at radius 3 is 2.87 bits per heavy atom. The fraction of sp³-hybridized carbons (Fsp3) is 0.400. The van der Waals surface area contributed by atoms with Gasteiger partial charge in [0, 0.05) is 19.7 Å². The highest BCUT2D eigenvalue weighted by atomic mass is 32.2. The number of ether oxygens (including phenoxy) is 1. The molecule has 2 rings (SSSR count). The normalized spacial score (nSPS) is 17.8. The third-order valence-electron chi connectivity index (χ3n) is 3.48. The first-order valence-electron chi connectivity index (χ1n) is 7.27. The molecule has 7 nitrogen and oxygen atoms in total. The third kappa shape index (κ3) is 4.54. The van der Waals surface area contributed by atoms with Crippen LogP contribution in [0, 0.1) is 0 Å². The van der Waals surface area contributed by atoms with Gasteiger partial charge in [0.1, 0.15) is 4.90 Å². The largest absolute Gasteiger partial charge is 0.478 e. The molecular formula is C15H20N2O5S. The molecule has 1 saturated heterocycles. The van der Waals surface area contributed by atoms with Gasteiger partial charge in [0.05, 0.1) is 17.4 Å². The molecule has 1 aliphatic heterocycles. The summed E-state index contributed by atoms with van der Waals surface area (Å²) in [5.74, 6) is -1.18. The molecule has 0 radical (unpaired) electrons. The van der Waals surface area contributed by atoms with Crippen molar-refractivity contribution >= 4 is 21.7 Å². The fourth-order valence-corrected chi connectivity index (χ4v) is 3.56. The Labute approximate surface area is 135 Å². The lowest BCUT2D eigenvalue weighted by Crippen LogP contribution is -2.32.